The van der Waals surface area contributed by atoms with Crippen molar-refractivity contribution in [2.24, 2.45) is 11.8 Å². The summed E-state index contributed by atoms with van der Waals surface area (Å²) in [6.07, 6.45) is 20.0. The van der Waals surface area contributed by atoms with E-state index in [2.05, 4.69) is 97.1 Å². The Morgan fingerprint density at radius 2 is 0.732 bits per heavy atom. The van der Waals surface area contributed by atoms with Gasteiger partial charge in [-0.05, 0) is 146 Å². The summed E-state index contributed by atoms with van der Waals surface area (Å²) in [4.78, 5) is 36.7. The van der Waals surface area contributed by atoms with E-state index in [4.69, 9.17) is 0 Å². The second-order valence-electron chi connectivity index (χ2n) is 17.0. The van der Waals surface area contributed by atoms with E-state index < -0.39 is 0 Å². The molecule has 56 heavy (non-hydrogen) atoms. The largest absolute Gasteiger partial charge is 0.300 e. The lowest BCUT2D eigenvalue weighted by Crippen LogP contribution is -2.20. The predicted molar refractivity (Wildman–Crippen MR) is 233 cm³/mol. The molecule has 2 aliphatic carbocycles. The van der Waals surface area contributed by atoms with Crippen LogP contribution in [0.5, 0.6) is 0 Å². The van der Waals surface area contributed by atoms with Crippen LogP contribution in [0, 0.1) is 11.8 Å². The van der Waals surface area contributed by atoms with Gasteiger partial charge in [0, 0.05) is 37.5 Å². The van der Waals surface area contributed by atoms with Crippen LogP contribution < -0.4 is 0 Å². The van der Waals surface area contributed by atoms with Gasteiger partial charge in [0.1, 0.15) is 17.3 Å². The smallest absolute Gasteiger partial charge is 0.135 e. The number of carbonyl (C=O) groups is 3. The van der Waals surface area contributed by atoms with E-state index in [-0.39, 0.29) is 11.8 Å². The minimum atomic E-state index is 0.289. The van der Waals surface area contributed by atoms with Crippen LogP contribution in [0.2, 0.25) is 0 Å². The molecular weight excluding hydrogens is 685 g/mol. The molecule has 2 aliphatic rings. The maximum atomic E-state index is 12.5. The lowest BCUT2D eigenvalue weighted by atomic mass is 9.76. The minimum absolute atomic E-state index is 0.289. The average Bonchev–Trinajstić information content (AvgIpc) is 3.26. The number of rotatable bonds is 20. The van der Waals surface area contributed by atoms with E-state index in [1.54, 1.807) is 0 Å². The molecule has 0 spiro atoms. The quantitative estimate of drug-likeness (QED) is 0.0845. The van der Waals surface area contributed by atoms with Crippen molar-refractivity contribution >= 4 is 17.3 Å². The molecule has 0 aromatic heterocycles. The van der Waals surface area contributed by atoms with Crippen LogP contribution >= 0.6 is 0 Å². The van der Waals surface area contributed by atoms with Crippen molar-refractivity contribution in [1.82, 2.24) is 0 Å². The number of hydrogen-bond acceptors (Lipinski definition) is 3. The lowest BCUT2D eigenvalue weighted by molar-refractivity contribution is -0.124. The third-order valence-electron chi connectivity index (χ3n) is 13.2. The monoisotopic (exact) mass is 751 g/mol. The Kier molecular flexibility index (Phi) is 15.9. The Labute approximate surface area is 338 Å². The van der Waals surface area contributed by atoms with Crippen LogP contribution in [0.4, 0.5) is 0 Å². The summed E-state index contributed by atoms with van der Waals surface area (Å²) < 4.78 is 0. The number of unbranched alkanes of at least 4 members (excludes halogenated alkanes) is 4. The average molecular weight is 751 g/mol. The molecule has 0 aliphatic heterocycles. The number of ketones is 3. The zero-order chi connectivity index (χ0) is 39.1. The Hall–Kier alpha value is -4.11. The fourth-order valence-electron chi connectivity index (χ4n) is 9.48. The summed E-state index contributed by atoms with van der Waals surface area (Å²) in [5.74, 6) is 3.06. The van der Waals surface area contributed by atoms with E-state index in [1.165, 1.54) is 44.5 Å². The highest BCUT2D eigenvalue weighted by Gasteiger charge is 2.27. The number of benzene rings is 4. The molecule has 0 saturated heterocycles. The van der Waals surface area contributed by atoms with E-state index in [9.17, 15) is 14.4 Å². The van der Waals surface area contributed by atoms with Gasteiger partial charge >= 0.3 is 0 Å². The predicted octanol–water partition coefficient (Wildman–Crippen LogP) is 14.0. The molecule has 4 aromatic carbocycles. The molecule has 3 nitrogen and oxygen atoms in total. The minimum Gasteiger partial charge on any atom is -0.300 e. The van der Waals surface area contributed by atoms with Crippen molar-refractivity contribution in [3.8, 4) is 22.3 Å². The molecule has 3 heteroatoms. The Bertz CT molecular complexity index is 1670. The second kappa shape index (κ2) is 21.4. The number of Topliss-reactive ketones (excluding diaryl/α,β-unsaturated/α-hetero) is 3. The first-order valence-electron chi connectivity index (χ1n) is 22.4. The Morgan fingerprint density at radius 3 is 1.05 bits per heavy atom. The third kappa shape index (κ3) is 12.0. The molecule has 0 amide bonds. The van der Waals surface area contributed by atoms with Gasteiger partial charge in [-0.15, -0.1) is 0 Å². The molecule has 0 radical (unpaired) electrons. The maximum Gasteiger partial charge on any atom is 0.135 e. The molecule has 296 valence electrons. The molecular formula is C53H66O3. The van der Waals surface area contributed by atoms with Crippen LogP contribution in [0.1, 0.15) is 164 Å². The highest BCUT2D eigenvalue weighted by atomic mass is 16.1. The Balaban J connectivity index is 0.802. The summed E-state index contributed by atoms with van der Waals surface area (Å²) >= 11 is 0. The van der Waals surface area contributed by atoms with Gasteiger partial charge in [0.05, 0.1) is 0 Å². The summed E-state index contributed by atoms with van der Waals surface area (Å²) in [5.41, 5.74) is 10.6. The van der Waals surface area contributed by atoms with E-state index in [1.807, 2.05) is 13.8 Å². The molecule has 0 bridgehead atoms. The molecule has 0 atom stereocenters. The fraction of sp³-hybridized carbons (Fsp3) is 0.491. The van der Waals surface area contributed by atoms with Gasteiger partial charge in [-0.1, -0.05) is 124 Å². The standard InChI is InChI=1S/C53H66O3/c1-3-52(55)49-35-31-47(32-36-49)45-27-23-43(24-28-45)41-19-15-39(16-20-41)11-7-5-9-13-51(54)14-10-6-8-12-40-17-21-42(22-18-40)44-25-29-46(30-26-44)48-33-37-50(38-34-48)53(56)4-2/h15-30,47-50H,3-14,31-38H2,1-2H3/t47-,48?,49-,50?. The first-order chi connectivity index (χ1) is 27.4. The van der Waals surface area contributed by atoms with Crippen molar-refractivity contribution in [2.75, 3.05) is 0 Å². The van der Waals surface area contributed by atoms with Crippen molar-refractivity contribution < 1.29 is 14.4 Å². The van der Waals surface area contributed by atoms with E-state index >= 15 is 0 Å². The van der Waals surface area contributed by atoms with Crippen LogP contribution in [0.25, 0.3) is 22.3 Å². The summed E-state index contributed by atoms with van der Waals surface area (Å²) in [6, 6.07) is 36.3. The third-order valence-corrected chi connectivity index (χ3v) is 13.2. The van der Waals surface area contributed by atoms with Gasteiger partial charge in [-0.25, -0.2) is 0 Å². The molecule has 6 rings (SSSR count). The van der Waals surface area contributed by atoms with Gasteiger partial charge < -0.3 is 0 Å². The second-order valence-corrected chi connectivity index (χ2v) is 17.0. The molecule has 0 unspecified atom stereocenters. The molecule has 2 fully saturated rings. The summed E-state index contributed by atoms with van der Waals surface area (Å²) in [5, 5.41) is 0. The highest BCUT2D eigenvalue weighted by molar-refractivity contribution is 5.81. The topological polar surface area (TPSA) is 51.2 Å². The molecule has 4 aromatic rings. The van der Waals surface area contributed by atoms with Crippen molar-refractivity contribution in [1.29, 1.82) is 0 Å². The van der Waals surface area contributed by atoms with Crippen molar-refractivity contribution in [3.63, 3.8) is 0 Å². The number of aryl methyl sites for hydroxylation is 2. The fourth-order valence-corrected chi connectivity index (χ4v) is 9.48. The lowest BCUT2D eigenvalue weighted by Gasteiger charge is -2.28. The number of carbonyl (C=O) groups excluding carboxylic acids is 3. The Morgan fingerprint density at radius 1 is 0.411 bits per heavy atom. The molecule has 2 saturated carbocycles. The number of hydrogen-bond donors (Lipinski definition) is 0. The van der Waals surface area contributed by atoms with Crippen LogP contribution in [0.15, 0.2) is 97.1 Å². The first kappa shape index (κ1) is 41.5. The summed E-state index contributed by atoms with van der Waals surface area (Å²) in [7, 11) is 0. The van der Waals surface area contributed by atoms with Gasteiger partial charge in [0.15, 0.2) is 0 Å². The maximum absolute atomic E-state index is 12.5. The zero-order valence-corrected chi connectivity index (χ0v) is 34.4. The molecule has 0 heterocycles. The van der Waals surface area contributed by atoms with Crippen LogP contribution in [-0.2, 0) is 27.2 Å². The van der Waals surface area contributed by atoms with Crippen molar-refractivity contribution in [2.45, 2.75) is 154 Å². The van der Waals surface area contributed by atoms with Gasteiger partial charge in [0.2, 0.25) is 0 Å². The summed E-state index contributed by atoms with van der Waals surface area (Å²) in [6.45, 7) is 3.98. The van der Waals surface area contributed by atoms with Crippen LogP contribution in [-0.4, -0.2) is 17.3 Å². The van der Waals surface area contributed by atoms with Crippen molar-refractivity contribution in [3.05, 3.63) is 119 Å². The zero-order valence-electron chi connectivity index (χ0n) is 34.4. The van der Waals surface area contributed by atoms with E-state index in [0.29, 0.717) is 42.0 Å². The molecule has 0 N–H and O–H groups in total. The normalized spacial score (nSPS) is 19.8. The van der Waals surface area contributed by atoms with E-state index in [0.717, 1.165) is 116 Å². The SMILES string of the molecule is CCC(=O)C1CCC(c2ccc(-c3ccc(CCCCCC(=O)CCCCCc4ccc(-c5ccc([C@H]6CC[C@H](C(=O)CC)CC6)cc5)cc4)cc3)cc2)CC1. The van der Waals surface area contributed by atoms with Gasteiger partial charge in [0.25, 0.3) is 0 Å². The van der Waals surface area contributed by atoms with Gasteiger partial charge in [-0.3, -0.25) is 14.4 Å². The first-order valence-corrected chi connectivity index (χ1v) is 22.4. The van der Waals surface area contributed by atoms with Gasteiger partial charge in [-0.2, -0.15) is 0 Å². The highest BCUT2D eigenvalue weighted by Crippen LogP contribution is 2.38. The van der Waals surface area contributed by atoms with Crippen LogP contribution in [0.3, 0.4) is 0 Å².